The molecule has 0 amide bonds. The predicted octanol–water partition coefficient (Wildman–Crippen LogP) is 0.0214. The molecule has 0 spiro atoms. The van der Waals surface area contributed by atoms with Crippen molar-refractivity contribution in [1.82, 2.24) is 0 Å². The monoisotopic (exact) mass is 230 g/mol. The number of ether oxygens (including phenoxy) is 1. The fraction of sp³-hybridized carbons (Fsp3) is 0.571. The number of hydrogen-bond donors (Lipinski definition) is 2. The van der Waals surface area contributed by atoms with E-state index in [0.717, 1.165) is 0 Å². The molecule has 0 aliphatic heterocycles. The van der Waals surface area contributed by atoms with Gasteiger partial charge in [-0.2, -0.15) is 0 Å². The first-order valence-corrected chi connectivity index (χ1v) is 4.02. The minimum atomic E-state index is -0.971. The molecule has 0 heterocycles. The number of carbonyl (C=O) groups is 2. The minimum absolute atomic E-state index is 0. The molecule has 0 radical (unpaired) electrons. The molecule has 0 saturated heterocycles. The standard InChI is InChI=1S/C7H10O5S.Na.H/c8-5(9)1-2-7(13)12-4-3-6(10)11;;/h1-4H2,(H,8,9)(H,10,11);;. The van der Waals surface area contributed by atoms with Crippen LogP contribution in [0.15, 0.2) is 0 Å². The van der Waals surface area contributed by atoms with Gasteiger partial charge in [-0.3, -0.25) is 9.59 Å². The second-order valence-electron chi connectivity index (χ2n) is 2.26. The summed E-state index contributed by atoms with van der Waals surface area (Å²) < 4.78 is 4.79. The molecule has 0 rings (SSSR count). The molecule has 0 aliphatic rings. The Kier molecular flexibility index (Phi) is 10.9. The van der Waals surface area contributed by atoms with Crippen molar-refractivity contribution in [3.63, 3.8) is 0 Å². The first-order chi connectivity index (χ1) is 6.02. The zero-order chi connectivity index (χ0) is 10.3. The Bertz CT molecular complexity index is 218. The molecular formula is C7H11NaO5S. The van der Waals surface area contributed by atoms with Gasteiger partial charge in [0, 0.05) is 6.42 Å². The average molecular weight is 230 g/mol. The van der Waals surface area contributed by atoms with Gasteiger partial charge >= 0.3 is 41.5 Å². The van der Waals surface area contributed by atoms with Crippen molar-refractivity contribution in [2.24, 2.45) is 0 Å². The van der Waals surface area contributed by atoms with Gasteiger partial charge in [-0.05, 0) is 12.2 Å². The third kappa shape index (κ3) is 11.8. The van der Waals surface area contributed by atoms with Crippen LogP contribution in [0.1, 0.15) is 19.3 Å². The van der Waals surface area contributed by atoms with Crippen LogP contribution >= 0.6 is 12.2 Å². The van der Waals surface area contributed by atoms with Gasteiger partial charge in [-0.25, -0.2) is 0 Å². The number of carboxylic acid groups (broad SMARTS) is 2. The van der Waals surface area contributed by atoms with Gasteiger partial charge in [0.25, 0.3) is 0 Å². The zero-order valence-corrected chi connectivity index (χ0v) is 7.67. The first-order valence-electron chi connectivity index (χ1n) is 3.61. The van der Waals surface area contributed by atoms with Crippen molar-refractivity contribution in [2.45, 2.75) is 19.3 Å². The molecule has 0 atom stereocenters. The zero-order valence-electron chi connectivity index (χ0n) is 6.86. The van der Waals surface area contributed by atoms with E-state index in [1.54, 1.807) is 0 Å². The normalized spacial score (nSPS) is 8.57. The summed E-state index contributed by atoms with van der Waals surface area (Å²) in [6.45, 7) is -0.00616. The van der Waals surface area contributed by atoms with E-state index in [0.29, 0.717) is 0 Å². The number of thiocarbonyl (C=S) groups is 1. The summed E-state index contributed by atoms with van der Waals surface area (Å²) in [5.41, 5.74) is 0. The quantitative estimate of drug-likeness (QED) is 0.494. The summed E-state index contributed by atoms with van der Waals surface area (Å²) in [7, 11) is 0. The van der Waals surface area contributed by atoms with Crippen LogP contribution in [-0.4, -0.2) is 63.4 Å². The van der Waals surface area contributed by atoms with Gasteiger partial charge in [-0.15, -0.1) is 0 Å². The van der Waals surface area contributed by atoms with E-state index in [2.05, 4.69) is 12.2 Å². The molecular weight excluding hydrogens is 219 g/mol. The Labute approximate surface area is 109 Å². The van der Waals surface area contributed by atoms with Crippen molar-refractivity contribution in [2.75, 3.05) is 6.61 Å². The molecule has 5 nitrogen and oxygen atoms in total. The van der Waals surface area contributed by atoms with E-state index in [4.69, 9.17) is 14.9 Å². The third-order valence-electron chi connectivity index (χ3n) is 1.12. The van der Waals surface area contributed by atoms with Gasteiger partial charge in [0.1, 0.15) is 0 Å². The summed E-state index contributed by atoms with van der Waals surface area (Å²) in [5, 5.41) is 16.6. The number of aliphatic carboxylic acids is 2. The molecule has 2 N–H and O–H groups in total. The fourth-order valence-electron chi connectivity index (χ4n) is 0.533. The van der Waals surface area contributed by atoms with Crippen LogP contribution in [0.5, 0.6) is 0 Å². The van der Waals surface area contributed by atoms with Crippen LogP contribution in [0.25, 0.3) is 0 Å². The van der Waals surface area contributed by atoms with Crippen molar-refractivity contribution in [3.8, 4) is 0 Å². The Balaban J connectivity index is 0. The maximum absolute atomic E-state index is 10.1. The average Bonchev–Trinajstić information content (AvgIpc) is 2.00. The summed E-state index contributed by atoms with van der Waals surface area (Å²) in [4.78, 5) is 20.1. The third-order valence-corrected chi connectivity index (χ3v) is 1.44. The SMILES string of the molecule is O=C(O)CCOC(=S)CCC(=O)O.[NaH]. The van der Waals surface area contributed by atoms with Gasteiger partial charge in [0.05, 0.1) is 19.4 Å². The van der Waals surface area contributed by atoms with E-state index in [9.17, 15) is 9.59 Å². The summed E-state index contributed by atoms with van der Waals surface area (Å²) in [5.74, 6) is -1.93. The Morgan fingerprint density at radius 1 is 1.07 bits per heavy atom. The van der Waals surface area contributed by atoms with Crippen LogP contribution in [0, 0.1) is 0 Å². The molecule has 0 bridgehead atoms. The number of rotatable bonds is 6. The second kappa shape index (κ2) is 9.39. The molecule has 76 valence electrons. The van der Waals surface area contributed by atoms with Gasteiger partial charge in [0.15, 0.2) is 5.05 Å². The second-order valence-corrected chi connectivity index (χ2v) is 2.71. The van der Waals surface area contributed by atoms with Crippen LogP contribution in [0.2, 0.25) is 0 Å². The summed E-state index contributed by atoms with van der Waals surface area (Å²) >= 11 is 4.65. The molecule has 14 heavy (non-hydrogen) atoms. The van der Waals surface area contributed by atoms with Crippen molar-refractivity contribution >= 4 is 58.8 Å². The topological polar surface area (TPSA) is 83.8 Å². The van der Waals surface area contributed by atoms with E-state index >= 15 is 0 Å². The molecule has 0 aromatic carbocycles. The van der Waals surface area contributed by atoms with Crippen LogP contribution < -0.4 is 0 Å². The van der Waals surface area contributed by atoms with Gasteiger partial charge in [-0.1, -0.05) is 0 Å². The van der Waals surface area contributed by atoms with Crippen LogP contribution in [0.3, 0.4) is 0 Å². The van der Waals surface area contributed by atoms with Gasteiger partial charge in [0.2, 0.25) is 0 Å². The maximum atomic E-state index is 10.1. The number of hydrogen-bond acceptors (Lipinski definition) is 4. The Morgan fingerprint density at radius 2 is 1.57 bits per heavy atom. The van der Waals surface area contributed by atoms with Crippen molar-refractivity contribution in [3.05, 3.63) is 0 Å². The molecule has 0 fully saturated rings. The Morgan fingerprint density at radius 3 is 2.00 bits per heavy atom. The summed E-state index contributed by atoms with van der Waals surface area (Å²) in [6, 6.07) is 0. The van der Waals surface area contributed by atoms with Gasteiger partial charge < -0.3 is 14.9 Å². The molecule has 0 saturated carbocycles. The molecule has 0 aliphatic carbocycles. The van der Waals surface area contributed by atoms with Crippen molar-refractivity contribution in [1.29, 1.82) is 0 Å². The first kappa shape index (κ1) is 16.3. The van der Waals surface area contributed by atoms with E-state index < -0.39 is 11.9 Å². The summed E-state index contributed by atoms with van der Waals surface area (Å²) in [6.07, 6.45) is -0.0800. The van der Waals surface area contributed by atoms with E-state index in [1.165, 1.54) is 0 Å². The number of carboxylic acids is 2. The van der Waals surface area contributed by atoms with E-state index in [1.807, 2.05) is 0 Å². The van der Waals surface area contributed by atoms with Crippen LogP contribution in [-0.2, 0) is 14.3 Å². The molecule has 0 unspecified atom stereocenters. The van der Waals surface area contributed by atoms with Crippen LogP contribution in [0.4, 0.5) is 0 Å². The van der Waals surface area contributed by atoms with Crippen molar-refractivity contribution < 1.29 is 24.5 Å². The molecule has 0 aromatic heterocycles. The Hall–Kier alpha value is -0.170. The van der Waals surface area contributed by atoms with E-state index in [-0.39, 0.29) is 60.5 Å². The molecule has 0 aromatic rings. The predicted molar refractivity (Wildman–Crippen MR) is 54.8 cm³/mol. The molecule has 7 heteroatoms. The fourth-order valence-corrected chi connectivity index (χ4v) is 0.719.